The Kier molecular flexibility index (Phi) is 5.53. The minimum Gasteiger partial charge on any atom is -0.348 e. The number of carbonyl (C=O) groups excluding carboxylic acids is 1. The van der Waals surface area contributed by atoms with E-state index < -0.39 is 0 Å². The average Bonchev–Trinajstić information content (AvgIpc) is 3.14. The predicted octanol–water partition coefficient (Wildman–Crippen LogP) is 4.00. The van der Waals surface area contributed by atoms with Crippen molar-refractivity contribution in [2.45, 2.75) is 31.8 Å². The molecule has 6 nitrogen and oxygen atoms in total. The number of benzene rings is 3. The van der Waals surface area contributed by atoms with Crippen LogP contribution in [0.25, 0.3) is 21.8 Å². The molecule has 1 amide bonds. The van der Waals surface area contributed by atoms with Crippen LogP contribution in [0.5, 0.6) is 0 Å². The maximum atomic E-state index is 12.8. The van der Waals surface area contributed by atoms with Crippen molar-refractivity contribution in [3.05, 3.63) is 82.8 Å². The second-order valence-corrected chi connectivity index (χ2v) is 8.68. The van der Waals surface area contributed by atoms with E-state index in [1.165, 1.54) is 10.8 Å². The highest BCUT2D eigenvalue weighted by Crippen LogP contribution is 2.26. The molecular formula is C26H28N4O2. The van der Waals surface area contributed by atoms with Gasteiger partial charge in [0.25, 0.3) is 0 Å². The van der Waals surface area contributed by atoms with Crippen LogP contribution in [0.4, 0.5) is 0 Å². The van der Waals surface area contributed by atoms with Gasteiger partial charge in [-0.2, -0.15) is 0 Å². The number of piperidine rings is 1. The molecule has 0 unspecified atom stereocenters. The summed E-state index contributed by atoms with van der Waals surface area (Å²) in [6.45, 7) is 4.01. The van der Waals surface area contributed by atoms with Gasteiger partial charge in [-0.3, -0.25) is 14.3 Å². The number of nitrogens with one attached hydrogen (secondary N) is 2. The molecule has 32 heavy (non-hydrogen) atoms. The number of rotatable bonds is 5. The lowest BCUT2D eigenvalue weighted by atomic mass is 9.99. The number of hydrogen-bond acceptors (Lipinski definition) is 3. The molecule has 0 bridgehead atoms. The van der Waals surface area contributed by atoms with E-state index in [2.05, 4.69) is 39.5 Å². The standard InChI is InChI=1S/C26H28N4O2/c1-18(21-10-6-8-19-7-2-3-9-22(19)21)27-25(31)17-29-15-13-20(14-16-29)30-24-12-5-4-11-23(24)28-26(30)32/h2-12,18,20H,13-17H2,1H3,(H,27,31)(H,28,32)/t18-/m1/s1. The smallest absolute Gasteiger partial charge is 0.326 e. The fourth-order valence-corrected chi connectivity index (χ4v) is 4.97. The van der Waals surface area contributed by atoms with Crippen LogP contribution in [-0.2, 0) is 4.79 Å². The van der Waals surface area contributed by atoms with E-state index in [0.717, 1.165) is 42.5 Å². The fourth-order valence-electron chi connectivity index (χ4n) is 4.97. The summed E-state index contributed by atoms with van der Waals surface area (Å²) in [5.41, 5.74) is 2.92. The molecule has 0 saturated carbocycles. The normalized spacial score (nSPS) is 16.4. The van der Waals surface area contributed by atoms with Crippen molar-refractivity contribution in [1.82, 2.24) is 19.8 Å². The molecule has 0 radical (unpaired) electrons. The van der Waals surface area contributed by atoms with Crippen molar-refractivity contribution in [3.63, 3.8) is 0 Å². The highest BCUT2D eigenvalue weighted by atomic mass is 16.2. The van der Waals surface area contributed by atoms with Gasteiger partial charge in [0.15, 0.2) is 0 Å². The number of hydrogen-bond donors (Lipinski definition) is 2. The molecule has 0 aliphatic carbocycles. The monoisotopic (exact) mass is 428 g/mol. The molecule has 3 aromatic carbocycles. The number of carbonyl (C=O) groups is 1. The molecule has 5 rings (SSSR count). The van der Waals surface area contributed by atoms with Gasteiger partial charge < -0.3 is 10.3 Å². The third kappa shape index (κ3) is 3.94. The van der Waals surface area contributed by atoms with E-state index in [1.54, 1.807) is 0 Å². The van der Waals surface area contributed by atoms with Crippen LogP contribution in [0.15, 0.2) is 71.5 Å². The summed E-state index contributed by atoms with van der Waals surface area (Å²) in [6, 6.07) is 22.4. The summed E-state index contributed by atoms with van der Waals surface area (Å²) in [5, 5.41) is 5.52. The van der Waals surface area contributed by atoms with Gasteiger partial charge in [0.05, 0.1) is 23.6 Å². The van der Waals surface area contributed by atoms with Crippen molar-refractivity contribution in [1.29, 1.82) is 0 Å². The summed E-state index contributed by atoms with van der Waals surface area (Å²) in [7, 11) is 0. The molecule has 1 aliphatic heterocycles. The maximum absolute atomic E-state index is 12.8. The molecule has 1 atom stereocenters. The number of para-hydroxylation sites is 2. The van der Waals surface area contributed by atoms with Crippen LogP contribution < -0.4 is 11.0 Å². The highest BCUT2D eigenvalue weighted by molar-refractivity contribution is 5.87. The number of H-pyrrole nitrogens is 1. The molecular weight excluding hydrogens is 400 g/mol. The topological polar surface area (TPSA) is 70.1 Å². The third-order valence-corrected chi connectivity index (χ3v) is 6.58. The minimum absolute atomic E-state index is 0.0353. The lowest BCUT2D eigenvalue weighted by Gasteiger charge is -2.32. The Morgan fingerprint density at radius 1 is 1.03 bits per heavy atom. The molecule has 2 N–H and O–H groups in total. The summed E-state index contributed by atoms with van der Waals surface area (Å²) >= 11 is 0. The van der Waals surface area contributed by atoms with Gasteiger partial charge in [-0.15, -0.1) is 0 Å². The van der Waals surface area contributed by atoms with Crippen LogP contribution in [0, 0.1) is 0 Å². The molecule has 1 aliphatic rings. The number of aromatic amines is 1. The third-order valence-electron chi connectivity index (χ3n) is 6.58. The summed E-state index contributed by atoms with van der Waals surface area (Å²) in [6.07, 6.45) is 1.71. The molecule has 1 fully saturated rings. The van der Waals surface area contributed by atoms with Gasteiger partial charge in [0.1, 0.15) is 0 Å². The highest BCUT2D eigenvalue weighted by Gasteiger charge is 2.25. The van der Waals surface area contributed by atoms with Crippen molar-refractivity contribution < 1.29 is 4.79 Å². The summed E-state index contributed by atoms with van der Waals surface area (Å²) in [5.74, 6) is 0.0353. The fraction of sp³-hybridized carbons (Fsp3) is 0.308. The zero-order valence-corrected chi connectivity index (χ0v) is 18.3. The Balaban J connectivity index is 1.20. The Labute approximate surface area is 186 Å². The SMILES string of the molecule is C[C@@H](NC(=O)CN1CCC(n2c(=O)[nH]c3ccccc32)CC1)c1cccc2ccccc12. The molecule has 4 aromatic rings. The van der Waals surface area contributed by atoms with Gasteiger partial charge >= 0.3 is 5.69 Å². The molecule has 164 valence electrons. The van der Waals surface area contributed by atoms with E-state index in [4.69, 9.17) is 0 Å². The zero-order valence-electron chi connectivity index (χ0n) is 18.3. The van der Waals surface area contributed by atoms with Gasteiger partial charge in [0, 0.05) is 19.1 Å². The van der Waals surface area contributed by atoms with Gasteiger partial charge in [-0.1, -0.05) is 54.6 Å². The Morgan fingerprint density at radius 2 is 1.75 bits per heavy atom. The van der Waals surface area contributed by atoms with Crippen molar-refractivity contribution in [2.75, 3.05) is 19.6 Å². The number of fused-ring (bicyclic) bond motifs is 2. The summed E-state index contributed by atoms with van der Waals surface area (Å²) < 4.78 is 1.88. The first-order chi connectivity index (χ1) is 15.6. The number of imidazole rings is 1. The van der Waals surface area contributed by atoms with Crippen LogP contribution in [0.3, 0.4) is 0 Å². The van der Waals surface area contributed by atoms with Crippen LogP contribution in [0.1, 0.15) is 37.4 Å². The molecule has 1 aromatic heterocycles. The Bertz CT molecular complexity index is 1310. The lowest BCUT2D eigenvalue weighted by Crippen LogP contribution is -2.43. The van der Waals surface area contributed by atoms with Crippen LogP contribution >= 0.6 is 0 Å². The number of amides is 1. The van der Waals surface area contributed by atoms with Crippen molar-refractivity contribution in [3.8, 4) is 0 Å². The van der Waals surface area contributed by atoms with E-state index >= 15 is 0 Å². The number of aromatic nitrogens is 2. The predicted molar refractivity (Wildman–Crippen MR) is 128 cm³/mol. The Hall–Kier alpha value is -3.38. The van der Waals surface area contributed by atoms with Crippen molar-refractivity contribution >= 4 is 27.7 Å². The molecule has 2 heterocycles. The van der Waals surface area contributed by atoms with E-state index in [1.807, 2.05) is 54.0 Å². The largest absolute Gasteiger partial charge is 0.348 e. The second kappa shape index (κ2) is 8.63. The average molecular weight is 429 g/mol. The zero-order chi connectivity index (χ0) is 22.1. The van der Waals surface area contributed by atoms with Crippen molar-refractivity contribution in [2.24, 2.45) is 0 Å². The van der Waals surface area contributed by atoms with Gasteiger partial charge in [-0.25, -0.2) is 4.79 Å². The lowest BCUT2D eigenvalue weighted by molar-refractivity contribution is -0.123. The summed E-state index contributed by atoms with van der Waals surface area (Å²) in [4.78, 5) is 30.4. The number of nitrogens with zero attached hydrogens (tertiary/aromatic N) is 2. The minimum atomic E-state index is -0.0593. The maximum Gasteiger partial charge on any atom is 0.326 e. The van der Waals surface area contributed by atoms with E-state index in [-0.39, 0.29) is 23.7 Å². The molecule has 6 heteroatoms. The first kappa shape index (κ1) is 20.5. The van der Waals surface area contributed by atoms with Gasteiger partial charge in [-0.05, 0) is 48.2 Å². The first-order valence-electron chi connectivity index (χ1n) is 11.3. The van der Waals surface area contributed by atoms with Gasteiger partial charge in [0.2, 0.25) is 5.91 Å². The molecule has 1 saturated heterocycles. The molecule has 0 spiro atoms. The number of likely N-dealkylation sites (tertiary alicyclic amines) is 1. The van der Waals surface area contributed by atoms with Crippen LogP contribution in [-0.4, -0.2) is 40.0 Å². The Morgan fingerprint density at radius 3 is 2.59 bits per heavy atom. The van der Waals surface area contributed by atoms with Crippen LogP contribution in [0.2, 0.25) is 0 Å². The second-order valence-electron chi connectivity index (χ2n) is 8.68. The quantitative estimate of drug-likeness (QED) is 0.505. The first-order valence-corrected chi connectivity index (χ1v) is 11.3. The van der Waals surface area contributed by atoms with E-state index in [0.29, 0.717) is 6.54 Å². The van der Waals surface area contributed by atoms with E-state index in [9.17, 15) is 9.59 Å².